The summed E-state index contributed by atoms with van der Waals surface area (Å²) in [4.78, 5) is 0.0552. The molecule has 1 aromatic heterocycles. The predicted molar refractivity (Wildman–Crippen MR) is 128 cm³/mol. The highest BCUT2D eigenvalue weighted by Crippen LogP contribution is 2.28. The molecule has 0 spiro atoms. The van der Waals surface area contributed by atoms with Crippen LogP contribution < -0.4 is 15.0 Å². The third-order valence-electron chi connectivity index (χ3n) is 4.68. The number of pyridine rings is 1. The van der Waals surface area contributed by atoms with Crippen LogP contribution >= 0.6 is 35.4 Å². The lowest BCUT2D eigenvalue weighted by Gasteiger charge is -2.20. The van der Waals surface area contributed by atoms with Gasteiger partial charge in [-0.25, -0.2) is 4.39 Å². The Morgan fingerprint density at radius 2 is 1.68 bits per heavy atom. The van der Waals surface area contributed by atoms with E-state index in [4.69, 9.17) is 35.4 Å². The van der Waals surface area contributed by atoms with Gasteiger partial charge in [-0.2, -0.15) is 4.57 Å². The smallest absolute Gasteiger partial charge is 0.238 e. The standard InChI is InChI=1S/C24H21Cl2FN2OS/c1-24(2,3)15-10-12-29(13-11-15)21(22(30)17-14-16(25)8-9-18(17)26)23(31)28-20-7-5-4-6-19(20)27/h4-14H,1-3H3,(H-,28,30,31). The number of hydrogen-bond acceptors (Lipinski definition) is 2. The Hall–Kier alpha value is -2.47. The lowest BCUT2D eigenvalue weighted by molar-refractivity contribution is -0.577. The number of halogens is 3. The van der Waals surface area contributed by atoms with Gasteiger partial charge in [0, 0.05) is 22.2 Å². The van der Waals surface area contributed by atoms with Crippen molar-refractivity contribution in [2.75, 3.05) is 5.32 Å². The minimum Gasteiger partial charge on any atom is -0.867 e. The van der Waals surface area contributed by atoms with Crippen LogP contribution in [0.5, 0.6) is 0 Å². The Morgan fingerprint density at radius 1 is 1.03 bits per heavy atom. The second-order valence-corrected chi connectivity index (χ2v) is 9.23. The lowest BCUT2D eigenvalue weighted by atomic mass is 9.88. The first-order chi connectivity index (χ1) is 14.6. The highest BCUT2D eigenvalue weighted by molar-refractivity contribution is 7.81. The van der Waals surface area contributed by atoms with Crippen molar-refractivity contribution in [2.45, 2.75) is 26.2 Å². The van der Waals surface area contributed by atoms with Gasteiger partial charge in [0.15, 0.2) is 17.4 Å². The van der Waals surface area contributed by atoms with E-state index < -0.39 is 11.6 Å². The van der Waals surface area contributed by atoms with E-state index in [1.807, 2.05) is 12.1 Å². The van der Waals surface area contributed by atoms with Crippen molar-refractivity contribution >= 4 is 57.6 Å². The van der Waals surface area contributed by atoms with Gasteiger partial charge in [0.05, 0.1) is 5.69 Å². The van der Waals surface area contributed by atoms with Crippen molar-refractivity contribution in [3.63, 3.8) is 0 Å². The van der Waals surface area contributed by atoms with Crippen molar-refractivity contribution in [2.24, 2.45) is 0 Å². The molecule has 0 saturated carbocycles. The fourth-order valence-electron chi connectivity index (χ4n) is 2.96. The van der Waals surface area contributed by atoms with Crippen molar-refractivity contribution in [1.29, 1.82) is 0 Å². The van der Waals surface area contributed by atoms with E-state index in [0.29, 0.717) is 5.02 Å². The number of hydrogen-bond donors (Lipinski definition) is 1. The Labute approximate surface area is 196 Å². The maximum atomic E-state index is 14.2. The summed E-state index contributed by atoms with van der Waals surface area (Å²) < 4.78 is 15.8. The van der Waals surface area contributed by atoms with E-state index in [1.165, 1.54) is 12.1 Å². The van der Waals surface area contributed by atoms with Crippen LogP contribution in [0.2, 0.25) is 10.0 Å². The molecule has 0 radical (unpaired) electrons. The average molecular weight is 475 g/mol. The highest BCUT2D eigenvalue weighted by Gasteiger charge is 2.22. The second-order valence-electron chi connectivity index (χ2n) is 7.98. The molecule has 0 unspecified atom stereocenters. The molecule has 0 bridgehead atoms. The van der Waals surface area contributed by atoms with Crippen molar-refractivity contribution in [3.05, 3.63) is 94.0 Å². The van der Waals surface area contributed by atoms with Crippen LogP contribution in [0.3, 0.4) is 0 Å². The second kappa shape index (κ2) is 9.35. The normalized spacial score (nSPS) is 12.3. The summed E-state index contributed by atoms with van der Waals surface area (Å²) >= 11 is 17.9. The minimum absolute atomic E-state index is 0.0552. The van der Waals surface area contributed by atoms with Gasteiger partial charge >= 0.3 is 0 Å². The van der Waals surface area contributed by atoms with E-state index >= 15 is 0 Å². The van der Waals surface area contributed by atoms with Crippen LogP contribution in [0, 0.1) is 5.82 Å². The van der Waals surface area contributed by atoms with Crippen LogP contribution in [0.15, 0.2) is 67.0 Å². The van der Waals surface area contributed by atoms with Gasteiger partial charge in [-0.15, -0.1) is 0 Å². The third kappa shape index (κ3) is 5.42. The van der Waals surface area contributed by atoms with Crippen LogP contribution in [-0.4, -0.2) is 4.99 Å². The summed E-state index contributed by atoms with van der Waals surface area (Å²) in [6, 6.07) is 14.6. The molecule has 2 aromatic carbocycles. The van der Waals surface area contributed by atoms with E-state index in [1.54, 1.807) is 47.3 Å². The van der Waals surface area contributed by atoms with E-state index in [0.717, 1.165) is 5.56 Å². The molecule has 0 aliphatic rings. The van der Waals surface area contributed by atoms with Gasteiger partial charge in [-0.05, 0) is 52.6 Å². The van der Waals surface area contributed by atoms with E-state index in [2.05, 4.69) is 26.1 Å². The highest BCUT2D eigenvalue weighted by atomic mass is 35.5. The van der Waals surface area contributed by atoms with E-state index in [9.17, 15) is 9.50 Å². The van der Waals surface area contributed by atoms with Crippen molar-refractivity contribution in [1.82, 2.24) is 0 Å². The van der Waals surface area contributed by atoms with Gasteiger partial charge in [0.1, 0.15) is 5.82 Å². The third-order valence-corrected chi connectivity index (χ3v) is 5.54. The molecular weight excluding hydrogens is 454 g/mol. The topological polar surface area (TPSA) is 39.0 Å². The predicted octanol–water partition coefficient (Wildman–Crippen LogP) is 5.84. The van der Waals surface area contributed by atoms with Crippen LogP contribution in [0.1, 0.15) is 31.9 Å². The zero-order valence-corrected chi connectivity index (χ0v) is 19.6. The molecule has 0 fully saturated rings. The molecule has 0 saturated heterocycles. The molecular formula is C24H21Cl2FN2OS. The fraction of sp³-hybridized carbons (Fsp3) is 0.167. The molecule has 3 nitrogen and oxygen atoms in total. The van der Waals surface area contributed by atoms with Crippen LogP contribution in [0.4, 0.5) is 10.1 Å². The Morgan fingerprint density at radius 3 is 2.29 bits per heavy atom. The Kier molecular flexibility index (Phi) is 6.99. The molecule has 0 atom stereocenters. The molecule has 0 aliphatic carbocycles. The summed E-state index contributed by atoms with van der Waals surface area (Å²) in [7, 11) is 0. The molecule has 0 aliphatic heterocycles. The molecule has 3 rings (SSSR count). The Bertz CT molecular complexity index is 1150. The van der Waals surface area contributed by atoms with E-state index in [-0.39, 0.29) is 32.4 Å². The quantitative estimate of drug-likeness (QED) is 0.223. The number of aromatic nitrogens is 1. The summed E-state index contributed by atoms with van der Waals surface area (Å²) in [5.41, 5.74) is 1.52. The van der Waals surface area contributed by atoms with Crippen molar-refractivity contribution < 1.29 is 14.1 Å². The zero-order chi connectivity index (χ0) is 22.8. The Balaban J connectivity index is 2.15. The number of rotatable bonds is 4. The maximum absolute atomic E-state index is 14.2. The minimum atomic E-state index is -0.481. The fourth-order valence-corrected chi connectivity index (χ4v) is 3.64. The molecule has 7 heteroatoms. The molecule has 160 valence electrons. The summed E-state index contributed by atoms with van der Waals surface area (Å²) in [5.74, 6) is -0.916. The molecule has 1 N–H and O–H groups in total. The monoisotopic (exact) mass is 474 g/mol. The van der Waals surface area contributed by atoms with Gasteiger partial charge < -0.3 is 10.4 Å². The average Bonchev–Trinajstić information content (AvgIpc) is 2.71. The first-order valence-electron chi connectivity index (χ1n) is 9.52. The first-order valence-corrected chi connectivity index (χ1v) is 10.7. The van der Waals surface area contributed by atoms with Gasteiger partial charge in [-0.1, -0.05) is 68.3 Å². The number of anilines is 1. The molecule has 31 heavy (non-hydrogen) atoms. The number of para-hydroxylation sites is 1. The molecule has 0 amide bonds. The zero-order valence-electron chi connectivity index (χ0n) is 17.2. The lowest BCUT2D eigenvalue weighted by Crippen LogP contribution is -2.40. The van der Waals surface area contributed by atoms with Crippen LogP contribution in [0.25, 0.3) is 11.5 Å². The molecule has 3 aromatic rings. The summed E-state index contributed by atoms with van der Waals surface area (Å²) in [6.07, 6.45) is 3.50. The van der Waals surface area contributed by atoms with Gasteiger partial charge in [0.25, 0.3) is 0 Å². The number of benzene rings is 2. The van der Waals surface area contributed by atoms with Crippen LogP contribution in [-0.2, 0) is 5.41 Å². The number of nitrogens with one attached hydrogen (secondary N) is 1. The first kappa shape index (κ1) is 23.2. The number of nitrogens with zero attached hydrogens (tertiary/aromatic N) is 1. The SMILES string of the molecule is CC(C)(C)c1cc[n+](C(C(=S)Nc2ccccc2F)=C([O-])c2cc(Cl)ccc2Cl)cc1. The molecule has 1 heterocycles. The van der Waals surface area contributed by atoms with Crippen molar-refractivity contribution in [3.8, 4) is 0 Å². The maximum Gasteiger partial charge on any atom is 0.238 e. The number of thiocarbonyl (C=S) groups is 1. The largest absolute Gasteiger partial charge is 0.867 e. The van der Waals surface area contributed by atoms with Gasteiger partial charge in [0.2, 0.25) is 5.70 Å². The van der Waals surface area contributed by atoms with Gasteiger partial charge in [-0.3, -0.25) is 0 Å². The summed E-state index contributed by atoms with van der Waals surface area (Å²) in [5, 5.41) is 16.9. The summed E-state index contributed by atoms with van der Waals surface area (Å²) in [6.45, 7) is 6.29.